The Kier molecular flexibility index (Phi) is 4.64. The van der Waals surface area contributed by atoms with E-state index >= 15 is 0 Å². The Labute approximate surface area is 83.9 Å². The zero-order chi connectivity index (χ0) is 8.32. The summed E-state index contributed by atoms with van der Waals surface area (Å²) in [6.45, 7) is 3.48. The summed E-state index contributed by atoms with van der Waals surface area (Å²) in [5.41, 5.74) is 0. The maximum absolute atomic E-state index is 5.52. The summed E-state index contributed by atoms with van der Waals surface area (Å²) in [5, 5.41) is 0. The van der Waals surface area contributed by atoms with Crippen molar-refractivity contribution in [1.29, 1.82) is 0 Å². The van der Waals surface area contributed by atoms with Gasteiger partial charge in [-0.3, -0.25) is 0 Å². The molecule has 0 amide bonds. The second-order valence-electron chi connectivity index (χ2n) is 2.46. The van der Waals surface area contributed by atoms with Gasteiger partial charge in [0.25, 0.3) is 0 Å². The van der Waals surface area contributed by atoms with E-state index in [1.807, 2.05) is 0 Å². The third-order valence-electron chi connectivity index (χ3n) is 1.49. The molecule has 6 heteroatoms. The Balaban J connectivity index is 2.35. The third-order valence-corrected chi connectivity index (χ3v) is 10.7. The van der Waals surface area contributed by atoms with Crippen LogP contribution in [0.2, 0.25) is 0 Å². The van der Waals surface area contributed by atoms with E-state index in [1.54, 1.807) is 0 Å². The van der Waals surface area contributed by atoms with Crippen LogP contribution in [-0.2, 0) is 6.15 Å². The van der Waals surface area contributed by atoms with Crippen molar-refractivity contribution in [3.05, 3.63) is 0 Å². The SMILES string of the molecule is CN1CC[O][Sn]([Br])([Br])[O]CC1. The molecule has 0 aliphatic carbocycles. The number of rotatable bonds is 0. The molecule has 0 radical (unpaired) electrons. The second kappa shape index (κ2) is 4.76. The predicted octanol–water partition coefficient (Wildman–Crippen LogP) is 1.19. The van der Waals surface area contributed by atoms with E-state index in [0.717, 1.165) is 26.3 Å². The third kappa shape index (κ3) is 4.42. The Hall–Kier alpha value is 1.64. The van der Waals surface area contributed by atoms with Crippen LogP contribution in [0, 0.1) is 0 Å². The van der Waals surface area contributed by atoms with Crippen LogP contribution in [0.25, 0.3) is 0 Å². The van der Waals surface area contributed by atoms with Gasteiger partial charge < -0.3 is 0 Å². The van der Waals surface area contributed by atoms with Gasteiger partial charge in [0, 0.05) is 0 Å². The fourth-order valence-electron chi connectivity index (χ4n) is 0.794. The summed E-state index contributed by atoms with van der Waals surface area (Å²) in [7, 11) is 2.07. The van der Waals surface area contributed by atoms with E-state index in [9.17, 15) is 0 Å². The van der Waals surface area contributed by atoms with Crippen LogP contribution in [0.4, 0.5) is 0 Å². The zero-order valence-electron chi connectivity index (χ0n) is 6.35. The van der Waals surface area contributed by atoms with E-state index in [1.165, 1.54) is 0 Å². The topological polar surface area (TPSA) is 21.7 Å². The first-order valence-electron chi connectivity index (χ1n) is 3.44. The van der Waals surface area contributed by atoms with E-state index in [-0.39, 0.29) is 0 Å². The molecule has 1 heterocycles. The van der Waals surface area contributed by atoms with Crippen LogP contribution >= 0.6 is 25.4 Å². The predicted molar refractivity (Wildman–Crippen MR) is 53.0 cm³/mol. The number of hydrogen-bond donors (Lipinski definition) is 0. The van der Waals surface area contributed by atoms with E-state index in [0.29, 0.717) is 0 Å². The standard InChI is InChI=1S/C5H11NO2.2BrH.Sn/c1-6(2-4-7)3-5-8;;;/h2-5H2,1H3;2*1H;/q-2;;;+4/p-2. The van der Waals surface area contributed by atoms with E-state index in [4.69, 9.17) is 6.15 Å². The van der Waals surface area contributed by atoms with Crippen LogP contribution in [0.5, 0.6) is 0 Å². The van der Waals surface area contributed by atoms with Crippen molar-refractivity contribution in [2.24, 2.45) is 0 Å². The molecule has 1 rings (SSSR count). The van der Waals surface area contributed by atoms with Crippen LogP contribution in [0.1, 0.15) is 0 Å². The van der Waals surface area contributed by atoms with Gasteiger partial charge in [-0.25, -0.2) is 0 Å². The number of likely N-dealkylation sites (N-methyl/N-ethyl adjacent to an activating group) is 1. The van der Waals surface area contributed by atoms with E-state index < -0.39 is 14.8 Å². The minimum atomic E-state index is -2.79. The van der Waals surface area contributed by atoms with Crippen LogP contribution < -0.4 is 0 Å². The van der Waals surface area contributed by atoms with Crippen molar-refractivity contribution < 1.29 is 6.15 Å². The Bertz CT molecular complexity index is 124. The average Bonchev–Trinajstić information content (AvgIpc) is 1.83. The van der Waals surface area contributed by atoms with Crippen molar-refractivity contribution in [3.63, 3.8) is 0 Å². The number of halogens is 2. The molecule has 1 saturated heterocycles. The van der Waals surface area contributed by atoms with Gasteiger partial charge in [0.05, 0.1) is 0 Å². The maximum atomic E-state index is 5.52. The fraction of sp³-hybridized carbons (Fsp3) is 1.00. The summed E-state index contributed by atoms with van der Waals surface area (Å²) in [4.78, 5) is 2.20. The first kappa shape index (κ1) is 10.7. The van der Waals surface area contributed by atoms with Crippen molar-refractivity contribution in [3.8, 4) is 0 Å². The second-order valence-corrected chi connectivity index (χ2v) is 27.9. The molecular formula is C5H11Br2NO2Sn. The number of hydrogen-bond acceptors (Lipinski definition) is 3. The molecule has 11 heavy (non-hydrogen) atoms. The molecule has 0 aromatic carbocycles. The summed E-state index contributed by atoms with van der Waals surface area (Å²) >= 11 is 4.13. The van der Waals surface area contributed by atoms with Gasteiger partial charge in [-0.05, 0) is 0 Å². The summed E-state index contributed by atoms with van der Waals surface area (Å²) in [5.74, 6) is 0. The molecule has 0 N–H and O–H groups in total. The molecule has 66 valence electrons. The molecule has 1 fully saturated rings. The molecule has 0 aromatic rings. The molecule has 1 aliphatic heterocycles. The zero-order valence-corrected chi connectivity index (χ0v) is 12.4. The molecule has 0 aromatic heterocycles. The summed E-state index contributed by atoms with van der Waals surface area (Å²) < 4.78 is 11.0. The Morgan fingerprint density at radius 3 is 2.09 bits per heavy atom. The van der Waals surface area contributed by atoms with Gasteiger partial charge in [0.1, 0.15) is 0 Å². The molecule has 0 unspecified atom stereocenters. The molecule has 1 aliphatic rings. The summed E-state index contributed by atoms with van der Waals surface area (Å²) in [6, 6.07) is 0. The molecule has 0 atom stereocenters. The average molecular weight is 396 g/mol. The first-order chi connectivity index (χ1) is 5.10. The Morgan fingerprint density at radius 2 is 1.64 bits per heavy atom. The fourth-order valence-corrected chi connectivity index (χ4v) is 7.25. The van der Waals surface area contributed by atoms with Crippen LogP contribution in [0.3, 0.4) is 0 Å². The summed E-state index contributed by atoms with van der Waals surface area (Å²) in [6.07, 6.45) is 0. The van der Waals surface area contributed by atoms with Crippen molar-refractivity contribution in [2.75, 3.05) is 33.4 Å². The Morgan fingerprint density at radius 1 is 1.18 bits per heavy atom. The van der Waals surface area contributed by atoms with Gasteiger partial charge in [-0.1, -0.05) is 0 Å². The van der Waals surface area contributed by atoms with Gasteiger partial charge in [-0.15, -0.1) is 0 Å². The first-order valence-corrected chi connectivity index (χ1v) is 18.6. The molecule has 0 bridgehead atoms. The number of nitrogens with zero attached hydrogens (tertiary/aromatic N) is 1. The monoisotopic (exact) mass is 395 g/mol. The van der Waals surface area contributed by atoms with Crippen LogP contribution in [-0.4, -0.2) is 53.0 Å². The molecule has 3 nitrogen and oxygen atoms in total. The van der Waals surface area contributed by atoms with Gasteiger partial charge in [-0.2, -0.15) is 0 Å². The molecular weight excluding hydrogens is 385 g/mol. The molecule has 0 spiro atoms. The van der Waals surface area contributed by atoms with Crippen molar-refractivity contribution in [1.82, 2.24) is 4.90 Å². The molecule has 0 saturated carbocycles. The minimum absolute atomic E-state index is 0.753. The normalized spacial score (nSPS) is 27.5. The quantitative estimate of drug-likeness (QED) is 0.575. The van der Waals surface area contributed by atoms with Crippen LogP contribution in [0.15, 0.2) is 0 Å². The van der Waals surface area contributed by atoms with Gasteiger partial charge >= 0.3 is 84.6 Å². The van der Waals surface area contributed by atoms with E-state index in [2.05, 4.69) is 37.4 Å². The van der Waals surface area contributed by atoms with Gasteiger partial charge in [0.15, 0.2) is 0 Å². The van der Waals surface area contributed by atoms with Gasteiger partial charge in [0.2, 0.25) is 0 Å². The van der Waals surface area contributed by atoms with Crippen molar-refractivity contribution >= 4 is 40.2 Å². The van der Waals surface area contributed by atoms with Crippen molar-refractivity contribution in [2.45, 2.75) is 0 Å².